The first-order valence-corrected chi connectivity index (χ1v) is 6.96. The molecule has 0 aromatic heterocycles. The third kappa shape index (κ3) is 5.57. The first-order valence-electron chi connectivity index (χ1n) is 5.89. The molecule has 0 saturated carbocycles. The Hall–Kier alpha value is -2.35. The van der Waals surface area contributed by atoms with E-state index in [1.54, 1.807) is 18.2 Å². The molecule has 1 rings (SSSR count). The van der Waals surface area contributed by atoms with E-state index in [9.17, 15) is 9.59 Å². The minimum Gasteiger partial charge on any atom is -0.493 e. The van der Waals surface area contributed by atoms with Crippen molar-refractivity contribution < 1.29 is 24.2 Å². The topological polar surface area (TPSA) is 121 Å². The van der Waals surface area contributed by atoms with Crippen LogP contribution in [0.25, 0.3) is 0 Å². The minimum atomic E-state index is -1.09. The van der Waals surface area contributed by atoms with Crippen LogP contribution < -0.4 is 14.9 Å². The van der Waals surface area contributed by atoms with Gasteiger partial charge >= 0.3 is 5.97 Å². The van der Waals surface area contributed by atoms with Crippen molar-refractivity contribution in [1.29, 1.82) is 5.26 Å². The van der Waals surface area contributed by atoms with E-state index in [-0.39, 0.29) is 6.42 Å². The number of nitrogens with one attached hydrogen (secondary N) is 1. The molecule has 1 amide bonds. The Morgan fingerprint density at radius 3 is 2.86 bits per heavy atom. The zero-order chi connectivity index (χ0) is 16.5. The minimum absolute atomic E-state index is 0.278. The van der Waals surface area contributed by atoms with Crippen LogP contribution in [0.3, 0.4) is 0 Å². The number of rotatable bonds is 7. The molecule has 0 bridgehead atoms. The summed E-state index contributed by atoms with van der Waals surface area (Å²) in [4.78, 5) is 21.6. The SMILES string of the molecule is COc1cc(/C=N\NC(=O)CC#N)cc(I)c1OCC(=O)O. The van der Waals surface area contributed by atoms with Crippen molar-refractivity contribution in [1.82, 2.24) is 5.43 Å². The summed E-state index contributed by atoms with van der Waals surface area (Å²) >= 11 is 1.97. The first kappa shape index (κ1) is 17.7. The molecule has 8 nitrogen and oxygen atoms in total. The summed E-state index contributed by atoms with van der Waals surface area (Å²) in [5.74, 6) is -0.945. The zero-order valence-corrected chi connectivity index (χ0v) is 13.7. The molecule has 0 saturated heterocycles. The molecule has 0 aliphatic carbocycles. The fraction of sp³-hybridized carbons (Fsp3) is 0.231. The number of hydrogen-bond acceptors (Lipinski definition) is 6. The van der Waals surface area contributed by atoms with Crippen molar-refractivity contribution in [3.8, 4) is 17.6 Å². The number of carboxylic acid groups (broad SMARTS) is 1. The quantitative estimate of drug-likeness (QED) is 0.390. The van der Waals surface area contributed by atoms with Crippen molar-refractivity contribution in [2.24, 2.45) is 5.10 Å². The van der Waals surface area contributed by atoms with Gasteiger partial charge in [-0.05, 0) is 40.3 Å². The van der Waals surface area contributed by atoms with Gasteiger partial charge in [-0.25, -0.2) is 10.2 Å². The normalized spacial score (nSPS) is 10.0. The predicted molar refractivity (Wildman–Crippen MR) is 84.8 cm³/mol. The number of benzene rings is 1. The molecule has 1 aromatic rings. The maximum absolute atomic E-state index is 11.1. The second-order valence-electron chi connectivity index (χ2n) is 3.84. The number of carbonyl (C=O) groups excluding carboxylic acids is 1. The van der Waals surface area contributed by atoms with Crippen molar-refractivity contribution in [2.75, 3.05) is 13.7 Å². The summed E-state index contributed by atoms with van der Waals surface area (Å²) in [7, 11) is 1.43. The molecule has 0 atom stereocenters. The Labute approximate surface area is 139 Å². The molecular weight excluding hydrogens is 405 g/mol. The second-order valence-corrected chi connectivity index (χ2v) is 5.01. The molecule has 9 heteroatoms. The van der Waals surface area contributed by atoms with Gasteiger partial charge in [-0.1, -0.05) is 0 Å². The van der Waals surface area contributed by atoms with Crippen LogP contribution in [0.5, 0.6) is 11.5 Å². The Balaban J connectivity index is 2.88. The third-order valence-corrected chi connectivity index (χ3v) is 3.04. The number of methoxy groups -OCH3 is 1. The molecule has 2 N–H and O–H groups in total. The van der Waals surface area contributed by atoms with Gasteiger partial charge < -0.3 is 14.6 Å². The molecule has 116 valence electrons. The number of halogens is 1. The van der Waals surface area contributed by atoms with Crippen LogP contribution in [-0.2, 0) is 9.59 Å². The molecule has 0 heterocycles. The summed E-state index contributed by atoms with van der Waals surface area (Å²) in [5.41, 5.74) is 2.81. The van der Waals surface area contributed by atoms with Gasteiger partial charge in [0.25, 0.3) is 5.91 Å². The lowest BCUT2D eigenvalue weighted by Crippen LogP contribution is -2.16. The smallest absolute Gasteiger partial charge is 0.341 e. The van der Waals surface area contributed by atoms with Gasteiger partial charge in [-0.2, -0.15) is 10.4 Å². The van der Waals surface area contributed by atoms with Crippen molar-refractivity contribution in [2.45, 2.75) is 6.42 Å². The van der Waals surface area contributed by atoms with Crippen LogP contribution in [0.4, 0.5) is 0 Å². The van der Waals surface area contributed by atoms with E-state index in [1.807, 2.05) is 22.6 Å². The summed E-state index contributed by atoms with van der Waals surface area (Å²) in [6.45, 7) is -0.482. The van der Waals surface area contributed by atoms with Crippen molar-refractivity contribution in [3.63, 3.8) is 0 Å². The summed E-state index contributed by atoms with van der Waals surface area (Å²) in [6, 6.07) is 4.97. The largest absolute Gasteiger partial charge is 0.493 e. The Bertz CT molecular complexity index is 639. The van der Waals surface area contributed by atoms with E-state index in [2.05, 4.69) is 10.5 Å². The van der Waals surface area contributed by atoms with E-state index in [0.717, 1.165) is 0 Å². The molecule has 0 aliphatic rings. The number of carbonyl (C=O) groups is 2. The predicted octanol–water partition coefficient (Wildman–Crippen LogP) is 1.13. The Morgan fingerprint density at radius 2 is 2.27 bits per heavy atom. The average Bonchev–Trinajstić information content (AvgIpc) is 2.45. The lowest BCUT2D eigenvalue weighted by molar-refractivity contribution is -0.139. The lowest BCUT2D eigenvalue weighted by Gasteiger charge is -2.12. The molecule has 0 unspecified atom stereocenters. The highest BCUT2D eigenvalue weighted by molar-refractivity contribution is 14.1. The summed E-state index contributed by atoms with van der Waals surface area (Å²) < 4.78 is 10.9. The number of aliphatic carboxylic acids is 1. The van der Waals surface area contributed by atoms with Crippen LogP contribution >= 0.6 is 22.6 Å². The Morgan fingerprint density at radius 1 is 1.55 bits per heavy atom. The van der Waals surface area contributed by atoms with Gasteiger partial charge in [0.05, 0.1) is 23.0 Å². The van der Waals surface area contributed by atoms with E-state index < -0.39 is 18.5 Å². The number of hydrogen-bond donors (Lipinski definition) is 2. The average molecular weight is 417 g/mol. The zero-order valence-electron chi connectivity index (χ0n) is 11.5. The molecular formula is C13H12IN3O5. The number of carboxylic acids is 1. The second kappa shape index (κ2) is 8.83. The molecule has 1 aromatic carbocycles. The van der Waals surface area contributed by atoms with Crippen LogP contribution in [0.1, 0.15) is 12.0 Å². The van der Waals surface area contributed by atoms with Crippen LogP contribution in [0, 0.1) is 14.9 Å². The molecule has 0 fully saturated rings. The number of ether oxygens (including phenoxy) is 2. The lowest BCUT2D eigenvalue weighted by atomic mass is 10.2. The maximum Gasteiger partial charge on any atom is 0.341 e. The highest BCUT2D eigenvalue weighted by Gasteiger charge is 2.12. The van der Waals surface area contributed by atoms with Crippen LogP contribution in [0.15, 0.2) is 17.2 Å². The number of hydrazone groups is 1. The van der Waals surface area contributed by atoms with Crippen molar-refractivity contribution >= 4 is 40.7 Å². The first-order chi connectivity index (χ1) is 10.5. The van der Waals surface area contributed by atoms with Crippen molar-refractivity contribution in [3.05, 3.63) is 21.3 Å². The van der Waals surface area contributed by atoms with E-state index in [0.29, 0.717) is 20.6 Å². The highest BCUT2D eigenvalue weighted by atomic mass is 127. The third-order valence-electron chi connectivity index (χ3n) is 2.23. The molecule has 0 aliphatic heterocycles. The van der Waals surface area contributed by atoms with Crippen LogP contribution in [-0.4, -0.2) is 36.9 Å². The van der Waals surface area contributed by atoms with Gasteiger partial charge in [-0.15, -0.1) is 0 Å². The summed E-state index contributed by atoms with van der Waals surface area (Å²) in [5, 5.41) is 20.7. The van der Waals surface area contributed by atoms with E-state index in [4.69, 9.17) is 19.8 Å². The van der Waals surface area contributed by atoms with E-state index in [1.165, 1.54) is 13.3 Å². The summed E-state index contributed by atoms with van der Waals surface area (Å²) in [6.07, 6.45) is 1.10. The van der Waals surface area contributed by atoms with Crippen LogP contribution in [0.2, 0.25) is 0 Å². The number of nitrogens with zero attached hydrogens (tertiary/aromatic N) is 2. The van der Waals surface area contributed by atoms with Gasteiger partial charge in [0.2, 0.25) is 0 Å². The molecule has 0 radical (unpaired) electrons. The van der Waals surface area contributed by atoms with Gasteiger partial charge in [0, 0.05) is 0 Å². The number of nitriles is 1. The standard InChI is InChI=1S/C13H12IN3O5/c1-21-10-5-8(6-16-17-11(18)2-3-15)4-9(14)13(10)22-7-12(19)20/h4-6H,2,7H2,1H3,(H,17,18)(H,19,20)/b16-6-. The molecule has 0 spiro atoms. The Kier molecular flexibility index (Phi) is 7.11. The fourth-order valence-electron chi connectivity index (χ4n) is 1.38. The molecule has 22 heavy (non-hydrogen) atoms. The van der Waals surface area contributed by atoms with Gasteiger partial charge in [-0.3, -0.25) is 4.79 Å². The van der Waals surface area contributed by atoms with E-state index >= 15 is 0 Å². The fourth-order valence-corrected chi connectivity index (χ4v) is 2.16. The highest BCUT2D eigenvalue weighted by Crippen LogP contribution is 2.33. The van der Waals surface area contributed by atoms with Gasteiger partial charge in [0.1, 0.15) is 6.42 Å². The number of amides is 1. The maximum atomic E-state index is 11.1. The monoisotopic (exact) mass is 417 g/mol. The van der Waals surface area contributed by atoms with Gasteiger partial charge in [0.15, 0.2) is 18.1 Å².